The zero-order chi connectivity index (χ0) is 14.0. The molecule has 0 radical (unpaired) electrons. The SMILES string of the molecule is CN1CCN(C)C(C(O)Cc2ccc(Br)cc2F)C1. The zero-order valence-corrected chi connectivity index (χ0v) is 12.9. The van der Waals surface area contributed by atoms with Crippen LogP contribution >= 0.6 is 15.9 Å². The summed E-state index contributed by atoms with van der Waals surface area (Å²) in [6, 6.07) is 5.04. The maximum absolute atomic E-state index is 13.8. The molecule has 1 aliphatic rings. The van der Waals surface area contributed by atoms with Gasteiger partial charge < -0.3 is 10.0 Å². The summed E-state index contributed by atoms with van der Waals surface area (Å²) in [6.45, 7) is 2.75. The number of aliphatic hydroxyl groups excluding tert-OH is 1. The largest absolute Gasteiger partial charge is 0.391 e. The van der Waals surface area contributed by atoms with E-state index >= 15 is 0 Å². The van der Waals surface area contributed by atoms with Crippen LogP contribution in [0, 0.1) is 5.82 Å². The van der Waals surface area contributed by atoms with Crippen LogP contribution in [0.25, 0.3) is 0 Å². The van der Waals surface area contributed by atoms with Crippen LogP contribution in [0.3, 0.4) is 0 Å². The van der Waals surface area contributed by atoms with Crippen molar-refractivity contribution in [2.24, 2.45) is 0 Å². The molecule has 1 N–H and O–H groups in total. The first kappa shape index (κ1) is 14.9. The van der Waals surface area contributed by atoms with Gasteiger partial charge in [0.2, 0.25) is 0 Å². The summed E-state index contributed by atoms with van der Waals surface area (Å²) < 4.78 is 14.5. The van der Waals surface area contributed by atoms with E-state index in [-0.39, 0.29) is 11.9 Å². The highest BCUT2D eigenvalue weighted by molar-refractivity contribution is 9.10. The molecule has 0 spiro atoms. The molecule has 1 aromatic carbocycles. The second-order valence-electron chi connectivity index (χ2n) is 5.32. The smallest absolute Gasteiger partial charge is 0.127 e. The molecule has 2 atom stereocenters. The third-order valence-corrected chi connectivity index (χ3v) is 4.28. The molecule has 0 aromatic heterocycles. The molecule has 5 heteroatoms. The summed E-state index contributed by atoms with van der Waals surface area (Å²) in [4.78, 5) is 4.35. The fraction of sp³-hybridized carbons (Fsp3) is 0.571. The molecule has 0 amide bonds. The van der Waals surface area contributed by atoms with Gasteiger partial charge in [-0.2, -0.15) is 0 Å². The van der Waals surface area contributed by atoms with Gasteiger partial charge in [0.05, 0.1) is 6.10 Å². The molecule has 106 valence electrons. The lowest BCUT2D eigenvalue weighted by atomic mass is 9.99. The minimum Gasteiger partial charge on any atom is -0.391 e. The second kappa shape index (κ2) is 6.31. The van der Waals surface area contributed by atoms with Crippen LogP contribution in [-0.2, 0) is 6.42 Å². The van der Waals surface area contributed by atoms with Gasteiger partial charge in [-0.15, -0.1) is 0 Å². The molecule has 1 aliphatic heterocycles. The normalized spacial score (nSPS) is 23.5. The maximum Gasteiger partial charge on any atom is 0.127 e. The number of piperazine rings is 1. The topological polar surface area (TPSA) is 26.7 Å². The molecule has 1 aromatic rings. The maximum atomic E-state index is 13.8. The molecule has 0 aliphatic carbocycles. The van der Waals surface area contributed by atoms with Crippen molar-refractivity contribution in [1.82, 2.24) is 9.80 Å². The fourth-order valence-corrected chi connectivity index (χ4v) is 2.84. The zero-order valence-electron chi connectivity index (χ0n) is 11.3. The third-order valence-electron chi connectivity index (χ3n) is 3.79. The first-order valence-corrected chi connectivity index (χ1v) is 7.27. The number of rotatable bonds is 3. The quantitative estimate of drug-likeness (QED) is 0.914. The monoisotopic (exact) mass is 330 g/mol. The Labute approximate surface area is 122 Å². The van der Waals surface area contributed by atoms with E-state index in [0.29, 0.717) is 12.0 Å². The average molecular weight is 331 g/mol. The highest BCUT2D eigenvalue weighted by Crippen LogP contribution is 2.19. The van der Waals surface area contributed by atoms with Crippen LogP contribution in [-0.4, -0.2) is 60.8 Å². The van der Waals surface area contributed by atoms with Gasteiger partial charge in [0, 0.05) is 36.6 Å². The van der Waals surface area contributed by atoms with Crippen LogP contribution < -0.4 is 0 Å². The van der Waals surface area contributed by atoms with E-state index in [0.717, 1.165) is 24.1 Å². The van der Waals surface area contributed by atoms with E-state index in [1.54, 1.807) is 6.07 Å². The molecule has 1 fully saturated rings. The first-order valence-electron chi connectivity index (χ1n) is 6.48. The summed E-state index contributed by atoms with van der Waals surface area (Å²) in [5.41, 5.74) is 0.567. The Morgan fingerprint density at radius 2 is 2.16 bits per heavy atom. The van der Waals surface area contributed by atoms with E-state index in [2.05, 4.69) is 25.7 Å². The van der Waals surface area contributed by atoms with Crippen molar-refractivity contribution in [2.75, 3.05) is 33.7 Å². The van der Waals surface area contributed by atoms with E-state index in [1.165, 1.54) is 6.07 Å². The molecule has 1 heterocycles. The van der Waals surface area contributed by atoms with Crippen molar-refractivity contribution in [3.8, 4) is 0 Å². The third kappa shape index (κ3) is 3.75. The van der Waals surface area contributed by atoms with Gasteiger partial charge in [-0.1, -0.05) is 22.0 Å². The molecular formula is C14H20BrFN2O. The van der Waals surface area contributed by atoms with E-state index in [9.17, 15) is 9.50 Å². The minimum atomic E-state index is -0.552. The highest BCUT2D eigenvalue weighted by Gasteiger charge is 2.29. The lowest BCUT2D eigenvalue weighted by Gasteiger charge is -2.40. The van der Waals surface area contributed by atoms with Gasteiger partial charge in [-0.3, -0.25) is 4.90 Å². The van der Waals surface area contributed by atoms with Crippen LogP contribution in [0.4, 0.5) is 4.39 Å². The number of halogens is 2. The molecule has 2 rings (SSSR count). The number of likely N-dealkylation sites (N-methyl/N-ethyl adjacent to an activating group) is 2. The molecule has 0 saturated carbocycles. The van der Waals surface area contributed by atoms with Crippen LogP contribution in [0.5, 0.6) is 0 Å². The van der Waals surface area contributed by atoms with E-state index < -0.39 is 6.10 Å². The summed E-state index contributed by atoms with van der Waals surface area (Å²) in [5, 5.41) is 10.4. The van der Waals surface area contributed by atoms with E-state index in [1.807, 2.05) is 20.2 Å². The summed E-state index contributed by atoms with van der Waals surface area (Å²) in [7, 11) is 4.06. The van der Waals surface area contributed by atoms with Crippen LogP contribution in [0.2, 0.25) is 0 Å². The first-order chi connectivity index (χ1) is 8.97. The minimum absolute atomic E-state index is 0.0572. The van der Waals surface area contributed by atoms with Crippen molar-refractivity contribution in [2.45, 2.75) is 18.6 Å². The van der Waals surface area contributed by atoms with Crippen LogP contribution in [0.1, 0.15) is 5.56 Å². The Morgan fingerprint density at radius 3 is 2.84 bits per heavy atom. The second-order valence-corrected chi connectivity index (χ2v) is 6.23. The molecule has 1 saturated heterocycles. The van der Waals surface area contributed by atoms with Gasteiger partial charge in [-0.05, 0) is 31.8 Å². The summed E-state index contributed by atoms with van der Waals surface area (Å²) >= 11 is 3.24. The van der Waals surface area contributed by atoms with Crippen molar-refractivity contribution in [1.29, 1.82) is 0 Å². The Hall–Kier alpha value is -0.490. The Kier molecular flexibility index (Phi) is 4.95. The lowest BCUT2D eigenvalue weighted by Crippen LogP contribution is -2.55. The predicted octanol–water partition coefficient (Wildman–Crippen LogP) is 1.74. The summed E-state index contributed by atoms with van der Waals surface area (Å²) in [5.74, 6) is -0.264. The van der Waals surface area contributed by atoms with Gasteiger partial charge in [0.25, 0.3) is 0 Å². The van der Waals surface area contributed by atoms with Crippen molar-refractivity contribution in [3.05, 3.63) is 34.1 Å². The highest BCUT2D eigenvalue weighted by atomic mass is 79.9. The number of benzene rings is 1. The van der Waals surface area contributed by atoms with Crippen LogP contribution in [0.15, 0.2) is 22.7 Å². The Morgan fingerprint density at radius 1 is 1.42 bits per heavy atom. The predicted molar refractivity (Wildman–Crippen MR) is 77.7 cm³/mol. The number of aliphatic hydroxyl groups is 1. The average Bonchev–Trinajstić information content (AvgIpc) is 2.35. The van der Waals surface area contributed by atoms with E-state index in [4.69, 9.17) is 0 Å². The number of nitrogens with zero attached hydrogens (tertiary/aromatic N) is 2. The standard InChI is InChI=1S/C14H20BrFN2O/c1-17-5-6-18(2)13(9-17)14(19)7-10-3-4-11(15)8-12(10)16/h3-4,8,13-14,19H,5-7,9H2,1-2H3. The van der Waals surface area contributed by atoms with Crippen molar-refractivity contribution in [3.63, 3.8) is 0 Å². The lowest BCUT2D eigenvalue weighted by molar-refractivity contribution is 0.0149. The van der Waals surface area contributed by atoms with Gasteiger partial charge in [0.15, 0.2) is 0 Å². The Bertz CT molecular complexity index is 443. The summed E-state index contributed by atoms with van der Waals surface area (Å²) in [6.07, 6.45) is -0.203. The Balaban J connectivity index is 2.05. The number of hydrogen-bond acceptors (Lipinski definition) is 3. The molecule has 2 unspecified atom stereocenters. The number of hydrogen-bond donors (Lipinski definition) is 1. The van der Waals surface area contributed by atoms with Gasteiger partial charge in [-0.25, -0.2) is 4.39 Å². The molecule has 19 heavy (non-hydrogen) atoms. The van der Waals surface area contributed by atoms with Gasteiger partial charge in [0.1, 0.15) is 5.82 Å². The van der Waals surface area contributed by atoms with Crippen molar-refractivity contribution < 1.29 is 9.50 Å². The van der Waals surface area contributed by atoms with Gasteiger partial charge >= 0.3 is 0 Å². The molecule has 3 nitrogen and oxygen atoms in total. The van der Waals surface area contributed by atoms with Crippen molar-refractivity contribution >= 4 is 15.9 Å². The molecular weight excluding hydrogens is 311 g/mol. The fourth-order valence-electron chi connectivity index (χ4n) is 2.51. The molecule has 0 bridgehead atoms.